The smallest absolute Gasteiger partial charge is 0.262 e. The average molecular weight is 456 g/mol. The molecule has 4 N–H and O–H groups in total. The Morgan fingerprint density at radius 2 is 1.72 bits per heavy atom. The summed E-state index contributed by atoms with van der Waals surface area (Å²) in [5, 5.41) is 10.8. The third kappa shape index (κ3) is 5.27. The Bertz CT molecular complexity index is 1180. The van der Waals surface area contributed by atoms with Crippen molar-refractivity contribution in [1.29, 1.82) is 0 Å². The van der Waals surface area contributed by atoms with E-state index in [9.17, 15) is 18.4 Å². The molecule has 7 nitrogen and oxygen atoms in total. The molecule has 0 radical (unpaired) electrons. The molecule has 0 bridgehead atoms. The van der Waals surface area contributed by atoms with Gasteiger partial charge in [-0.1, -0.05) is 56.3 Å². The predicted octanol–water partition coefficient (Wildman–Crippen LogP) is 3.58. The van der Waals surface area contributed by atoms with Gasteiger partial charge in [0.25, 0.3) is 5.91 Å². The second kappa shape index (κ2) is 10.1. The molecule has 3 aromatic carbocycles. The largest absolute Gasteiger partial charge is 0.399 e. The van der Waals surface area contributed by atoms with E-state index < -0.39 is 22.0 Å². The highest BCUT2D eigenvalue weighted by Gasteiger charge is 2.37. The van der Waals surface area contributed by atoms with Gasteiger partial charge in [-0.25, -0.2) is 13.9 Å². The van der Waals surface area contributed by atoms with Crippen LogP contribution in [-0.4, -0.2) is 36.4 Å². The summed E-state index contributed by atoms with van der Waals surface area (Å²) in [4.78, 5) is 12.6. The normalized spacial score (nSPS) is 12.9. The van der Waals surface area contributed by atoms with Crippen molar-refractivity contribution >= 4 is 32.4 Å². The number of hydrogen-bond acceptors (Lipinski definition) is 5. The van der Waals surface area contributed by atoms with Crippen LogP contribution in [0.4, 0.5) is 5.69 Å². The molecule has 32 heavy (non-hydrogen) atoms. The molecule has 3 rings (SSSR count). The van der Waals surface area contributed by atoms with Crippen LogP contribution >= 0.6 is 0 Å². The predicted molar refractivity (Wildman–Crippen MR) is 126 cm³/mol. The molecule has 0 aliphatic heterocycles. The number of carbonyl (C=O) groups excluding carboxylic acids is 1. The molecule has 3 aromatic rings. The lowest BCUT2D eigenvalue weighted by Crippen LogP contribution is -2.52. The Kier molecular flexibility index (Phi) is 7.50. The number of fused-ring (bicyclic) bond motifs is 1. The number of nitrogen functional groups attached to an aromatic ring is 1. The number of anilines is 1. The second-order valence-electron chi connectivity index (χ2n) is 8.14. The highest BCUT2D eigenvalue weighted by atomic mass is 32.2. The van der Waals surface area contributed by atoms with Gasteiger partial charge in [0.05, 0.1) is 4.90 Å². The lowest BCUT2D eigenvalue weighted by molar-refractivity contribution is -0.134. The van der Waals surface area contributed by atoms with E-state index in [4.69, 9.17) is 5.73 Å². The summed E-state index contributed by atoms with van der Waals surface area (Å²) in [7, 11) is -4.04. The SMILES string of the molecule is CC(C)[C@H](C(=O)NO)N(CCCc1ccccc1)S(=O)(=O)c1ccc2ccc(N)cc2c1. The number of carbonyl (C=O) groups is 1. The first-order valence-electron chi connectivity index (χ1n) is 10.5. The number of rotatable bonds is 9. The van der Waals surface area contributed by atoms with Crippen LogP contribution in [0.1, 0.15) is 25.8 Å². The fourth-order valence-corrected chi connectivity index (χ4v) is 5.66. The molecule has 1 atom stereocenters. The maximum atomic E-state index is 13.7. The van der Waals surface area contributed by atoms with Gasteiger partial charge < -0.3 is 5.73 Å². The molecule has 0 aliphatic rings. The molecule has 0 fully saturated rings. The van der Waals surface area contributed by atoms with Gasteiger partial charge in [-0.15, -0.1) is 0 Å². The van der Waals surface area contributed by atoms with Crippen LogP contribution in [0.3, 0.4) is 0 Å². The molecular weight excluding hydrogens is 426 g/mol. The zero-order valence-electron chi connectivity index (χ0n) is 18.2. The number of nitrogens with two attached hydrogens (primary N) is 1. The van der Waals surface area contributed by atoms with Gasteiger partial charge in [0.15, 0.2) is 0 Å². The van der Waals surface area contributed by atoms with Crippen molar-refractivity contribution in [2.45, 2.75) is 37.6 Å². The molecule has 0 saturated carbocycles. The molecule has 8 heteroatoms. The van der Waals surface area contributed by atoms with E-state index in [-0.39, 0.29) is 17.4 Å². The molecule has 1 amide bonds. The lowest BCUT2D eigenvalue weighted by Gasteiger charge is -2.32. The number of sulfonamides is 1. The quantitative estimate of drug-likeness (QED) is 0.259. The maximum absolute atomic E-state index is 13.7. The summed E-state index contributed by atoms with van der Waals surface area (Å²) in [5.41, 5.74) is 9.12. The number of hydroxylamine groups is 1. The fourth-order valence-electron chi connectivity index (χ4n) is 3.86. The van der Waals surface area contributed by atoms with Gasteiger partial charge in [0.2, 0.25) is 10.0 Å². The molecule has 0 unspecified atom stereocenters. The van der Waals surface area contributed by atoms with E-state index in [1.165, 1.54) is 10.4 Å². The fraction of sp³-hybridized carbons (Fsp3) is 0.292. The van der Waals surface area contributed by atoms with Gasteiger partial charge >= 0.3 is 0 Å². The minimum atomic E-state index is -4.04. The molecule has 0 aliphatic carbocycles. The van der Waals surface area contributed by atoms with Crippen molar-refractivity contribution in [3.05, 3.63) is 72.3 Å². The molecule has 170 valence electrons. The van der Waals surface area contributed by atoms with Crippen LogP contribution < -0.4 is 11.2 Å². The van der Waals surface area contributed by atoms with Gasteiger partial charge in [0, 0.05) is 12.2 Å². The minimum absolute atomic E-state index is 0.0756. The van der Waals surface area contributed by atoms with Crippen molar-refractivity contribution in [1.82, 2.24) is 9.79 Å². The van der Waals surface area contributed by atoms with Crippen molar-refractivity contribution < 1.29 is 18.4 Å². The van der Waals surface area contributed by atoms with Gasteiger partial charge in [-0.05, 0) is 59.4 Å². The van der Waals surface area contributed by atoms with Crippen molar-refractivity contribution in [3.8, 4) is 0 Å². The summed E-state index contributed by atoms with van der Waals surface area (Å²) in [6.45, 7) is 3.63. The topological polar surface area (TPSA) is 113 Å². The van der Waals surface area contributed by atoms with Crippen LogP contribution in [0.25, 0.3) is 10.8 Å². The van der Waals surface area contributed by atoms with E-state index in [1.54, 1.807) is 43.6 Å². The Balaban J connectivity index is 1.98. The number of hydrogen-bond donors (Lipinski definition) is 3. The first-order chi connectivity index (χ1) is 15.2. The summed E-state index contributed by atoms with van der Waals surface area (Å²) < 4.78 is 28.6. The first kappa shape index (κ1) is 23.7. The second-order valence-corrected chi connectivity index (χ2v) is 10.0. The van der Waals surface area contributed by atoms with Crippen LogP contribution in [-0.2, 0) is 21.2 Å². The Labute approximate surface area is 188 Å². The van der Waals surface area contributed by atoms with Crippen LogP contribution in [0.5, 0.6) is 0 Å². The number of benzene rings is 3. The molecule has 0 heterocycles. The summed E-state index contributed by atoms with van der Waals surface area (Å²) in [5.74, 6) is -1.11. The minimum Gasteiger partial charge on any atom is -0.399 e. The van der Waals surface area contributed by atoms with Crippen molar-refractivity contribution in [3.63, 3.8) is 0 Å². The van der Waals surface area contributed by atoms with Crippen LogP contribution in [0.15, 0.2) is 71.6 Å². The standard InChI is InChI=1S/C24H29N3O4S/c1-17(2)23(24(28)26-29)27(14-6-9-18-7-4-3-5-8-18)32(30,31)22-13-11-19-10-12-21(25)15-20(19)16-22/h3-5,7-8,10-13,15-17,23,29H,6,9,14,25H2,1-2H3,(H,26,28)/t23-/m1/s1. The summed E-state index contributed by atoms with van der Waals surface area (Å²) in [6, 6.07) is 18.8. The van der Waals surface area contributed by atoms with E-state index in [0.29, 0.717) is 23.9 Å². The van der Waals surface area contributed by atoms with E-state index >= 15 is 0 Å². The molecular formula is C24H29N3O4S. The monoisotopic (exact) mass is 455 g/mol. The van der Waals surface area contributed by atoms with Crippen LogP contribution in [0.2, 0.25) is 0 Å². The van der Waals surface area contributed by atoms with Gasteiger partial charge in [0.1, 0.15) is 6.04 Å². The van der Waals surface area contributed by atoms with Crippen molar-refractivity contribution in [2.24, 2.45) is 5.92 Å². The Morgan fingerprint density at radius 1 is 1.03 bits per heavy atom. The number of nitrogens with one attached hydrogen (secondary N) is 1. The molecule has 0 spiro atoms. The lowest BCUT2D eigenvalue weighted by atomic mass is 10.0. The zero-order valence-corrected chi connectivity index (χ0v) is 19.0. The highest BCUT2D eigenvalue weighted by Crippen LogP contribution is 2.27. The average Bonchev–Trinajstić information content (AvgIpc) is 2.78. The Hall–Kier alpha value is -2.94. The highest BCUT2D eigenvalue weighted by molar-refractivity contribution is 7.89. The van der Waals surface area contributed by atoms with E-state index in [0.717, 1.165) is 10.9 Å². The number of nitrogens with zero attached hydrogens (tertiary/aromatic N) is 1. The Morgan fingerprint density at radius 3 is 2.38 bits per heavy atom. The summed E-state index contributed by atoms with van der Waals surface area (Å²) >= 11 is 0. The van der Waals surface area contributed by atoms with Gasteiger partial charge in [-0.2, -0.15) is 4.31 Å². The van der Waals surface area contributed by atoms with E-state index in [2.05, 4.69) is 0 Å². The van der Waals surface area contributed by atoms with Crippen LogP contribution in [0, 0.1) is 5.92 Å². The van der Waals surface area contributed by atoms with E-state index in [1.807, 2.05) is 36.4 Å². The van der Waals surface area contributed by atoms with Crippen molar-refractivity contribution in [2.75, 3.05) is 12.3 Å². The third-order valence-corrected chi connectivity index (χ3v) is 7.33. The first-order valence-corrected chi connectivity index (χ1v) is 12.0. The third-order valence-electron chi connectivity index (χ3n) is 5.45. The maximum Gasteiger partial charge on any atom is 0.262 e. The molecule has 0 aromatic heterocycles. The number of amides is 1. The molecule has 0 saturated heterocycles. The summed E-state index contributed by atoms with van der Waals surface area (Å²) in [6.07, 6.45) is 1.18. The zero-order chi connectivity index (χ0) is 23.3. The van der Waals surface area contributed by atoms with Gasteiger partial charge in [-0.3, -0.25) is 10.0 Å². The number of aryl methyl sites for hydroxylation is 1.